The van der Waals surface area contributed by atoms with Crippen LogP contribution in [0.4, 0.5) is 8.78 Å². The number of hydrogen-bond acceptors (Lipinski definition) is 4. The molecule has 0 radical (unpaired) electrons. The topological polar surface area (TPSA) is 76.3 Å². The van der Waals surface area contributed by atoms with Crippen molar-refractivity contribution in [3.63, 3.8) is 0 Å². The van der Waals surface area contributed by atoms with E-state index < -0.39 is 23.8 Å². The molecule has 0 spiro atoms. The molecule has 0 aliphatic carbocycles. The Kier molecular flexibility index (Phi) is 4.52. The number of nitrogens with zero attached hydrogens (tertiary/aromatic N) is 1. The van der Waals surface area contributed by atoms with Gasteiger partial charge in [0.25, 0.3) is 0 Å². The summed E-state index contributed by atoms with van der Waals surface area (Å²) in [4.78, 5) is 0. The molecule has 0 aliphatic heterocycles. The van der Waals surface area contributed by atoms with Crippen molar-refractivity contribution in [1.29, 1.82) is 5.26 Å². The number of likely N-dealkylation sites (N-methyl/N-ethyl adjacent to an activating group) is 1. The lowest BCUT2D eigenvalue weighted by Gasteiger charge is -2.18. The molecule has 0 fully saturated rings. The molecule has 92 valence electrons. The van der Waals surface area contributed by atoms with E-state index in [-0.39, 0.29) is 17.7 Å². The molecule has 4 nitrogen and oxygen atoms in total. The Morgan fingerprint density at radius 1 is 1.35 bits per heavy atom. The third-order valence-electron chi connectivity index (χ3n) is 2.31. The van der Waals surface area contributed by atoms with Gasteiger partial charge in [-0.15, -0.1) is 0 Å². The standard InChI is InChI=1S/C11H12F2N2O2/c1-15-5-10(16)11(17)7-3-9(13)8(12)2-6(7)4-14/h2-3,10-11,15-17H,5H2,1H3. The Hall–Kier alpha value is -1.55. The SMILES string of the molecule is CNCC(O)C(O)c1cc(F)c(F)cc1C#N. The summed E-state index contributed by atoms with van der Waals surface area (Å²) < 4.78 is 25.9. The molecule has 6 heteroatoms. The van der Waals surface area contributed by atoms with Gasteiger partial charge in [-0.2, -0.15) is 5.26 Å². The van der Waals surface area contributed by atoms with E-state index in [0.29, 0.717) is 6.07 Å². The third-order valence-corrected chi connectivity index (χ3v) is 2.31. The summed E-state index contributed by atoms with van der Waals surface area (Å²) in [5, 5.41) is 30.6. The fourth-order valence-corrected chi connectivity index (χ4v) is 1.43. The van der Waals surface area contributed by atoms with Gasteiger partial charge in [0.05, 0.1) is 17.7 Å². The first kappa shape index (κ1) is 13.5. The molecule has 1 aromatic carbocycles. The Morgan fingerprint density at radius 2 is 1.94 bits per heavy atom. The maximum absolute atomic E-state index is 13.0. The lowest BCUT2D eigenvalue weighted by atomic mass is 9.98. The average Bonchev–Trinajstić information content (AvgIpc) is 2.31. The van der Waals surface area contributed by atoms with Crippen molar-refractivity contribution in [2.45, 2.75) is 12.2 Å². The Balaban J connectivity index is 3.13. The zero-order valence-electron chi connectivity index (χ0n) is 9.11. The summed E-state index contributed by atoms with van der Waals surface area (Å²) in [6, 6.07) is 3.06. The first-order chi connectivity index (χ1) is 8.01. The van der Waals surface area contributed by atoms with E-state index in [2.05, 4.69) is 5.32 Å². The Bertz CT molecular complexity index is 446. The van der Waals surface area contributed by atoms with Crippen LogP contribution in [0.2, 0.25) is 0 Å². The van der Waals surface area contributed by atoms with Crippen LogP contribution in [0.5, 0.6) is 0 Å². The van der Waals surface area contributed by atoms with Crippen LogP contribution in [0.15, 0.2) is 12.1 Å². The van der Waals surface area contributed by atoms with Gasteiger partial charge in [-0.05, 0) is 19.2 Å². The van der Waals surface area contributed by atoms with E-state index in [1.807, 2.05) is 0 Å². The van der Waals surface area contributed by atoms with Crippen LogP contribution in [0.25, 0.3) is 0 Å². The molecule has 2 atom stereocenters. The molecule has 1 aromatic rings. The fourth-order valence-electron chi connectivity index (χ4n) is 1.43. The monoisotopic (exact) mass is 242 g/mol. The number of aliphatic hydroxyl groups excluding tert-OH is 2. The Labute approximate surface area is 97.1 Å². The summed E-state index contributed by atoms with van der Waals surface area (Å²) in [6.07, 6.45) is -2.66. The van der Waals surface area contributed by atoms with Crippen LogP contribution in [0, 0.1) is 23.0 Å². The van der Waals surface area contributed by atoms with Gasteiger partial charge < -0.3 is 15.5 Å². The highest BCUT2D eigenvalue weighted by atomic mass is 19.2. The molecule has 0 aromatic heterocycles. The van der Waals surface area contributed by atoms with Gasteiger partial charge in [0.2, 0.25) is 0 Å². The quantitative estimate of drug-likeness (QED) is 0.716. The summed E-state index contributed by atoms with van der Waals surface area (Å²) in [7, 11) is 1.56. The fraction of sp³-hybridized carbons (Fsp3) is 0.364. The van der Waals surface area contributed by atoms with Gasteiger partial charge in [0, 0.05) is 12.1 Å². The highest BCUT2D eigenvalue weighted by Crippen LogP contribution is 2.23. The van der Waals surface area contributed by atoms with Crippen molar-refractivity contribution >= 4 is 0 Å². The first-order valence-corrected chi connectivity index (χ1v) is 4.91. The van der Waals surface area contributed by atoms with Gasteiger partial charge in [-0.1, -0.05) is 0 Å². The number of benzene rings is 1. The van der Waals surface area contributed by atoms with Crippen molar-refractivity contribution in [3.05, 3.63) is 34.9 Å². The van der Waals surface area contributed by atoms with Crippen molar-refractivity contribution in [3.8, 4) is 6.07 Å². The highest BCUT2D eigenvalue weighted by molar-refractivity contribution is 5.40. The van der Waals surface area contributed by atoms with Crippen molar-refractivity contribution in [2.24, 2.45) is 0 Å². The van der Waals surface area contributed by atoms with Gasteiger partial charge in [-0.25, -0.2) is 8.78 Å². The number of aliphatic hydroxyl groups is 2. The minimum absolute atomic E-state index is 0.0605. The van der Waals surface area contributed by atoms with Crippen molar-refractivity contribution in [2.75, 3.05) is 13.6 Å². The highest BCUT2D eigenvalue weighted by Gasteiger charge is 2.22. The number of halogens is 2. The molecular formula is C11H12F2N2O2. The molecule has 0 saturated heterocycles. The zero-order valence-corrected chi connectivity index (χ0v) is 9.11. The second-order valence-electron chi connectivity index (χ2n) is 3.54. The molecule has 2 unspecified atom stereocenters. The second-order valence-corrected chi connectivity index (χ2v) is 3.54. The van der Waals surface area contributed by atoms with Gasteiger partial charge in [0.1, 0.15) is 6.10 Å². The molecule has 0 amide bonds. The largest absolute Gasteiger partial charge is 0.389 e. The Morgan fingerprint density at radius 3 is 2.47 bits per heavy atom. The number of nitriles is 1. The third kappa shape index (κ3) is 2.97. The van der Waals surface area contributed by atoms with Crippen molar-refractivity contribution < 1.29 is 19.0 Å². The summed E-state index contributed by atoms with van der Waals surface area (Å²) in [5.41, 5.74) is -0.333. The molecule has 0 saturated carbocycles. The molecule has 17 heavy (non-hydrogen) atoms. The smallest absolute Gasteiger partial charge is 0.160 e. The van der Waals surface area contributed by atoms with Crippen LogP contribution >= 0.6 is 0 Å². The molecule has 0 aliphatic rings. The van der Waals surface area contributed by atoms with E-state index in [9.17, 15) is 19.0 Å². The summed E-state index contributed by atoms with van der Waals surface area (Å²) in [6.45, 7) is 0.0605. The second kappa shape index (κ2) is 5.68. The maximum atomic E-state index is 13.0. The van der Waals surface area contributed by atoms with Crippen LogP contribution < -0.4 is 5.32 Å². The predicted molar refractivity (Wildman–Crippen MR) is 56.0 cm³/mol. The normalized spacial score (nSPS) is 14.1. The maximum Gasteiger partial charge on any atom is 0.160 e. The minimum atomic E-state index is -1.45. The first-order valence-electron chi connectivity index (χ1n) is 4.91. The lowest BCUT2D eigenvalue weighted by molar-refractivity contribution is 0.0198. The van der Waals surface area contributed by atoms with Gasteiger partial charge in [0.15, 0.2) is 11.6 Å². The van der Waals surface area contributed by atoms with Crippen LogP contribution in [-0.4, -0.2) is 29.9 Å². The number of hydrogen-bond donors (Lipinski definition) is 3. The van der Waals surface area contributed by atoms with E-state index in [0.717, 1.165) is 6.07 Å². The minimum Gasteiger partial charge on any atom is -0.389 e. The summed E-state index contributed by atoms with van der Waals surface area (Å²) in [5.74, 6) is -2.34. The van der Waals surface area contributed by atoms with Crippen LogP contribution in [-0.2, 0) is 0 Å². The number of nitrogens with one attached hydrogen (secondary N) is 1. The predicted octanol–water partition coefficient (Wildman–Crippen LogP) is 0.450. The van der Waals surface area contributed by atoms with Crippen LogP contribution in [0.3, 0.4) is 0 Å². The molecule has 3 N–H and O–H groups in total. The van der Waals surface area contributed by atoms with Crippen molar-refractivity contribution in [1.82, 2.24) is 5.32 Å². The molecule has 0 bridgehead atoms. The molecular weight excluding hydrogens is 230 g/mol. The zero-order chi connectivity index (χ0) is 13.0. The van der Waals surface area contributed by atoms with E-state index in [1.165, 1.54) is 0 Å². The molecule has 1 rings (SSSR count). The van der Waals surface area contributed by atoms with Gasteiger partial charge in [-0.3, -0.25) is 0 Å². The van der Waals surface area contributed by atoms with Gasteiger partial charge >= 0.3 is 0 Å². The van der Waals surface area contributed by atoms with E-state index >= 15 is 0 Å². The van der Waals surface area contributed by atoms with Crippen LogP contribution in [0.1, 0.15) is 17.2 Å². The molecule has 0 heterocycles. The van der Waals surface area contributed by atoms with E-state index in [4.69, 9.17) is 5.26 Å². The lowest BCUT2D eigenvalue weighted by Crippen LogP contribution is -2.30. The average molecular weight is 242 g/mol. The number of rotatable bonds is 4. The van der Waals surface area contributed by atoms with E-state index in [1.54, 1.807) is 13.1 Å². The summed E-state index contributed by atoms with van der Waals surface area (Å²) >= 11 is 0.